The Hall–Kier alpha value is -2.52. The van der Waals surface area contributed by atoms with E-state index in [-0.39, 0.29) is 12.3 Å². The van der Waals surface area contributed by atoms with E-state index in [1.54, 1.807) is 12.2 Å². The number of rotatable bonds is 8. The second-order valence-electron chi connectivity index (χ2n) is 6.30. The molecule has 0 saturated carbocycles. The van der Waals surface area contributed by atoms with Crippen LogP contribution >= 0.6 is 0 Å². The first-order chi connectivity index (χ1) is 12.2. The van der Waals surface area contributed by atoms with Crippen LogP contribution < -0.4 is 16.1 Å². The second-order valence-corrected chi connectivity index (χ2v) is 8.15. The molecule has 1 heterocycles. The maximum Gasteiger partial charge on any atom is 0.350 e. The summed E-state index contributed by atoms with van der Waals surface area (Å²) < 4.78 is 28.5. The van der Waals surface area contributed by atoms with Crippen molar-refractivity contribution in [2.45, 2.75) is 32.4 Å². The summed E-state index contributed by atoms with van der Waals surface area (Å²) in [6, 6.07) is 9.35. The van der Waals surface area contributed by atoms with Gasteiger partial charge in [-0.3, -0.25) is 9.55 Å². The first-order valence-corrected chi connectivity index (χ1v) is 9.73. The van der Waals surface area contributed by atoms with Gasteiger partial charge in [0.05, 0.1) is 11.3 Å². The van der Waals surface area contributed by atoms with Crippen LogP contribution in [0.1, 0.15) is 25.8 Å². The van der Waals surface area contributed by atoms with Crippen LogP contribution in [0.15, 0.2) is 58.4 Å². The van der Waals surface area contributed by atoms with Crippen molar-refractivity contribution in [2.24, 2.45) is 0 Å². The third kappa shape index (κ3) is 5.78. The fourth-order valence-electron chi connectivity index (χ4n) is 2.38. The fraction of sp³-hybridized carbons (Fsp3) is 0.353. The molecule has 0 spiro atoms. The molecule has 2 aromatic rings. The van der Waals surface area contributed by atoms with Gasteiger partial charge in [-0.2, -0.15) is 4.98 Å². The maximum absolute atomic E-state index is 12.3. The molecule has 9 heteroatoms. The molecule has 1 aromatic carbocycles. The first-order valence-electron chi connectivity index (χ1n) is 8.07. The van der Waals surface area contributed by atoms with E-state index in [4.69, 9.17) is 0 Å². The quantitative estimate of drug-likeness (QED) is 0.658. The van der Waals surface area contributed by atoms with Crippen molar-refractivity contribution in [3.05, 3.63) is 75.3 Å². The number of allylic oxidation sites excluding steroid dienone is 2. The minimum Gasteiger partial charge on any atom is -0.280 e. The van der Waals surface area contributed by atoms with Crippen LogP contribution in [0, 0.1) is 0 Å². The second kappa shape index (κ2) is 8.24. The molecule has 1 aromatic heterocycles. The van der Waals surface area contributed by atoms with Gasteiger partial charge in [0.25, 0.3) is 0 Å². The van der Waals surface area contributed by atoms with E-state index in [1.807, 2.05) is 49.2 Å². The van der Waals surface area contributed by atoms with E-state index in [1.165, 1.54) is 4.57 Å². The molecule has 0 fully saturated rings. The van der Waals surface area contributed by atoms with Crippen LogP contribution in [-0.4, -0.2) is 28.7 Å². The lowest BCUT2D eigenvalue weighted by Gasteiger charge is -2.26. The summed E-state index contributed by atoms with van der Waals surface area (Å²) in [5.41, 5.74) is -1.09. The SMILES string of the molecule is CC(C)(NS(=O)(=O)CC/C=C/Cn1cnc(=O)[nH]c1=O)c1ccccc1. The van der Waals surface area contributed by atoms with Crippen molar-refractivity contribution in [3.8, 4) is 0 Å². The van der Waals surface area contributed by atoms with Crippen LogP contribution in [0.25, 0.3) is 0 Å². The Morgan fingerprint density at radius 1 is 1.19 bits per heavy atom. The van der Waals surface area contributed by atoms with Crippen LogP contribution in [0.4, 0.5) is 0 Å². The number of hydrogen-bond donors (Lipinski definition) is 2. The molecule has 0 atom stereocenters. The van der Waals surface area contributed by atoms with Crippen molar-refractivity contribution in [1.82, 2.24) is 19.3 Å². The topological polar surface area (TPSA) is 114 Å². The minimum atomic E-state index is -3.48. The van der Waals surface area contributed by atoms with E-state index in [2.05, 4.69) is 9.71 Å². The molecule has 8 nitrogen and oxygen atoms in total. The van der Waals surface area contributed by atoms with Gasteiger partial charge in [0, 0.05) is 6.54 Å². The predicted octanol–water partition coefficient (Wildman–Crippen LogP) is 0.733. The maximum atomic E-state index is 12.3. The molecule has 0 aliphatic carbocycles. The van der Waals surface area contributed by atoms with Crippen molar-refractivity contribution < 1.29 is 8.42 Å². The highest BCUT2D eigenvalue weighted by Gasteiger charge is 2.25. The lowest BCUT2D eigenvalue weighted by Crippen LogP contribution is -2.42. The predicted molar refractivity (Wildman–Crippen MR) is 99.3 cm³/mol. The van der Waals surface area contributed by atoms with Gasteiger partial charge in [0.2, 0.25) is 10.0 Å². The monoisotopic (exact) mass is 378 g/mol. The van der Waals surface area contributed by atoms with E-state index in [0.717, 1.165) is 11.9 Å². The Morgan fingerprint density at radius 2 is 1.88 bits per heavy atom. The molecule has 0 bridgehead atoms. The summed E-state index contributed by atoms with van der Waals surface area (Å²) in [5.74, 6) is -0.0709. The Kier molecular flexibility index (Phi) is 6.27. The lowest BCUT2D eigenvalue weighted by atomic mass is 9.96. The van der Waals surface area contributed by atoms with Gasteiger partial charge in [-0.1, -0.05) is 42.5 Å². The molecular weight excluding hydrogens is 356 g/mol. The molecule has 2 rings (SSSR count). The van der Waals surface area contributed by atoms with Crippen LogP contribution in [-0.2, 0) is 22.1 Å². The number of sulfonamides is 1. The Bertz CT molecular complexity index is 976. The Labute approximate surface area is 151 Å². The standard InChI is InChI=1S/C17H22N4O4S/c1-17(2,14-9-5-3-6-10-14)20-26(24,25)12-8-4-7-11-21-13-18-15(22)19-16(21)23/h3-7,9-10,13,20H,8,11-12H2,1-2H3,(H,19,22,23)/b7-4+. The lowest BCUT2D eigenvalue weighted by molar-refractivity contribution is 0.472. The Morgan fingerprint density at radius 3 is 2.54 bits per heavy atom. The van der Waals surface area contributed by atoms with Crippen molar-refractivity contribution in [1.29, 1.82) is 0 Å². The van der Waals surface area contributed by atoms with Gasteiger partial charge in [0.15, 0.2) is 0 Å². The average molecular weight is 378 g/mol. The molecule has 140 valence electrons. The van der Waals surface area contributed by atoms with E-state index < -0.39 is 26.9 Å². The molecule has 2 N–H and O–H groups in total. The average Bonchev–Trinajstić information content (AvgIpc) is 2.56. The summed E-state index contributed by atoms with van der Waals surface area (Å²) in [7, 11) is -3.48. The third-order valence-corrected chi connectivity index (χ3v) is 5.31. The number of aromatic nitrogens is 3. The molecular formula is C17H22N4O4S. The van der Waals surface area contributed by atoms with Crippen LogP contribution in [0.3, 0.4) is 0 Å². The number of benzene rings is 1. The summed E-state index contributed by atoms with van der Waals surface area (Å²) in [5, 5.41) is 0. The molecule has 0 radical (unpaired) electrons. The largest absolute Gasteiger partial charge is 0.350 e. The third-order valence-electron chi connectivity index (χ3n) is 3.72. The van der Waals surface area contributed by atoms with Gasteiger partial charge < -0.3 is 0 Å². The van der Waals surface area contributed by atoms with E-state index in [9.17, 15) is 18.0 Å². The molecule has 0 aliphatic rings. The number of nitrogens with one attached hydrogen (secondary N) is 2. The zero-order valence-electron chi connectivity index (χ0n) is 14.7. The number of hydrogen-bond acceptors (Lipinski definition) is 5. The van der Waals surface area contributed by atoms with Crippen molar-refractivity contribution >= 4 is 10.0 Å². The van der Waals surface area contributed by atoms with E-state index in [0.29, 0.717) is 6.42 Å². The molecule has 0 amide bonds. The zero-order chi connectivity index (χ0) is 19.2. The summed E-state index contributed by atoms with van der Waals surface area (Å²) >= 11 is 0. The van der Waals surface area contributed by atoms with Crippen LogP contribution in [0.5, 0.6) is 0 Å². The minimum absolute atomic E-state index is 0.0709. The number of H-pyrrole nitrogens is 1. The molecule has 0 saturated heterocycles. The highest BCUT2D eigenvalue weighted by Crippen LogP contribution is 2.20. The highest BCUT2D eigenvalue weighted by molar-refractivity contribution is 7.89. The van der Waals surface area contributed by atoms with Crippen molar-refractivity contribution in [2.75, 3.05) is 5.75 Å². The van der Waals surface area contributed by atoms with Gasteiger partial charge in [-0.15, -0.1) is 0 Å². The first kappa shape index (κ1) is 19.8. The van der Waals surface area contributed by atoms with Gasteiger partial charge in [-0.25, -0.2) is 22.7 Å². The van der Waals surface area contributed by atoms with Gasteiger partial charge >= 0.3 is 11.4 Å². The summed E-state index contributed by atoms with van der Waals surface area (Å²) in [6.45, 7) is 3.82. The van der Waals surface area contributed by atoms with E-state index >= 15 is 0 Å². The smallest absolute Gasteiger partial charge is 0.280 e. The normalized spacial score (nSPS) is 12.5. The molecule has 0 aliphatic heterocycles. The highest BCUT2D eigenvalue weighted by atomic mass is 32.2. The van der Waals surface area contributed by atoms with Gasteiger partial charge in [0.1, 0.15) is 6.33 Å². The molecule has 0 unspecified atom stereocenters. The van der Waals surface area contributed by atoms with Crippen molar-refractivity contribution in [3.63, 3.8) is 0 Å². The zero-order valence-corrected chi connectivity index (χ0v) is 15.5. The summed E-state index contributed by atoms with van der Waals surface area (Å²) in [4.78, 5) is 27.9. The molecule has 26 heavy (non-hydrogen) atoms. The summed E-state index contributed by atoms with van der Waals surface area (Å²) in [6.07, 6.45) is 4.77. The fourth-order valence-corrected chi connectivity index (χ4v) is 3.83. The Balaban J connectivity index is 1.89. The number of aromatic amines is 1. The number of nitrogens with zero attached hydrogens (tertiary/aromatic N) is 2. The van der Waals surface area contributed by atoms with Gasteiger partial charge in [-0.05, 0) is 25.8 Å². The van der Waals surface area contributed by atoms with Crippen LogP contribution in [0.2, 0.25) is 0 Å².